The van der Waals surface area contributed by atoms with E-state index >= 15 is 0 Å². The van der Waals surface area contributed by atoms with Crippen molar-refractivity contribution >= 4 is 22.8 Å². The van der Waals surface area contributed by atoms with Crippen LogP contribution < -0.4 is 5.73 Å². The minimum absolute atomic E-state index is 0.0362. The first kappa shape index (κ1) is 10.6. The summed E-state index contributed by atoms with van der Waals surface area (Å²) in [6.45, 7) is 4.15. The van der Waals surface area contributed by atoms with E-state index in [1.807, 2.05) is 6.92 Å². The van der Waals surface area contributed by atoms with Crippen LogP contribution in [-0.2, 0) is 4.79 Å². The molecule has 1 atom stereocenters. The van der Waals surface area contributed by atoms with Crippen LogP contribution in [0.5, 0.6) is 0 Å². The van der Waals surface area contributed by atoms with Crippen LogP contribution in [0.2, 0.25) is 0 Å². The lowest BCUT2D eigenvalue weighted by Crippen LogP contribution is -2.30. The summed E-state index contributed by atoms with van der Waals surface area (Å²) in [5, 5.41) is 0.433. The highest BCUT2D eigenvalue weighted by Gasteiger charge is 2.42. The highest BCUT2D eigenvalue weighted by Crippen LogP contribution is 2.39. The number of nitrogens with two attached hydrogens (primary N) is 1. The van der Waals surface area contributed by atoms with E-state index in [0.717, 1.165) is 25.7 Å². The third-order valence-corrected chi connectivity index (χ3v) is 3.77. The number of thioether (sulfide) groups is 1. The molecule has 2 N–H and O–H groups in total. The fraction of sp³-hybridized carbons (Fsp3) is 0.778. The van der Waals surface area contributed by atoms with E-state index in [2.05, 4.69) is 11.9 Å². The number of carbonyl (C=O) groups excluding carboxylic acids is 1. The van der Waals surface area contributed by atoms with Crippen molar-refractivity contribution in [3.8, 4) is 0 Å². The van der Waals surface area contributed by atoms with Gasteiger partial charge in [0.1, 0.15) is 4.75 Å². The van der Waals surface area contributed by atoms with E-state index in [0.29, 0.717) is 5.17 Å². The van der Waals surface area contributed by atoms with Crippen LogP contribution in [-0.4, -0.2) is 15.8 Å². The maximum atomic E-state index is 11.6. The highest BCUT2D eigenvalue weighted by atomic mass is 32.2. The fourth-order valence-electron chi connectivity index (χ4n) is 1.49. The van der Waals surface area contributed by atoms with Crippen LogP contribution in [0.25, 0.3) is 0 Å². The fourth-order valence-corrected chi connectivity index (χ4v) is 2.54. The molecule has 0 radical (unpaired) electrons. The molecule has 0 saturated heterocycles. The summed E-state index contributed by atoms with van der Waals surface area (Å²) in [7, 11) is 0. The second-order valence-electron chi connectivity index (χ2n) is 3.31. The normalized spacial score (nSPS) is 27.8. The molecular weight excluding hydrogens is 184 g/mol. The second kappa shape index (κ2) is 4.13. The van der Waals surface area contributed by atoms with E-state index in [-0.39, 0.29) is 10.7 Å². The lowest BCUT2D eigenvalue weighted by atomic mass is 9.97. The maximum absolute atomic E-state index is 11.6. The number of hydrogen-bond donors (Lipinski definition) is 1. The second-order valence-corrected chi connectivity index (χ2v) is 4.71. The van der Waals surface area contributed by atoms with Crippen molar-refractivity contribution in [3.05, 3.63) is 0 Å². The van der Waals surface area contributed by atoms with Crippen molar-refractivity contribution in [2.75, 3.05) is 0 Å². The van der Waals surface area contributed by atoms with Crippen LogP contribution in [0.4, 0.5) is 0 Å². The quantitative estimate of drug-likeness (QED) is 0.754. The van der Waals surface area contributed by atoms with Crippen LogP contribution in [0.1, 0.15) is 39.5 Å². The van der Waals surface area contributed by atoms with Crippen LogP contribution in [0.15, 0.2) is 4.99 Å². The smallest absolute Gasteiger partial charge is 0.264 e. The van der Waals surface area contributed by atoms with Gasteiger partial charge in [0.25, 0.3) is 5.91 Å². The van der Waals surface area contributed by atoms with Gasteiger partial charge in [0.15, 0.2) is 5.17 Å². The number of amidine groups is 1. The molecule has 0 saturated carbocycles. The molecule has 1 aliphatic rings. The first-order valence-corrected chi connectivity index (χ1v) is 5.54. The molecule has 3 nitrogen and oxygen atoms in total. The molecule has 1 heterocycles. The zero-order chi connectivity index (χ0) is 9.90. The molecule has 0 bridgehead atoms. The number of rotatable bonds is 4. The number of amides is 1. The number of aliphatic imine (C=N–C) groups is 1. The predicted molar refractivity (Wildman–Crippen MR) is 56.8 cm³/mol. The van der Waals surface area contributed by atoms with Crippen molar-refractivity contribution < 1.29 is 4.79 Å². The largest absolute Gasteiger partial charge is 0.378 e. The third-order valence-electron chi connectivity index (χ3n) is 2.41. The van der Waals surface area contributed by atoms with Gasteiger partial charge < -0.3 is 5.73 Å². The summed E-state index contributed by atoms with van der Waals surface area (Å²) < 4.78 is -0.333. The summed E-state index contributed by atoms with van der Waals surface area (Å²) in [6.07, 6.45) is 3.89. The predicted octanol–water partition coefficient (Wildman–Crippen LogP) is 1.91. The Morgan fingerprint density at radius 3 is 2.62 bits per heavy atom. The molecule has 74 valence electrons. The van der Waals surface area contributed by atoms with Crippen LogP contribution in [0, 0.1) is 0 Å². The number of nitrogens with zero attached hydrogens (tertiary/aromatic N) is 1. The van der Waals surface area contributed by atoms with Crippen molar-refractivity contribution in [2.45, 2.75) is 44.3 Å². The summed E-state index contributed by atoms with van der Waals surface area (Å²) in [6, 6.07) is 0. The Morgan fingerprint density at radius 1 is 1.54 bits per heavy atom. The summed E-state index contributed by atoms with van der Waals surface area (Å²) >= 11 is 1.44. The van der Waals surface area contributed by atoms with E-state index in [1.54, 1.807) is 0 Å². The molecule has 0 aromatic rings. The number of carbonyl (C=O) groups is 1. The van der Waals surface area contributed by atoms with Crippen LogP contribution in [0.3, 0.4) is 0 Å². The molecule has 0 spiro atoms. The van der Waals surface area contributed by atoms with Gasteiger partial charge in [-0.05, 0) is 12.8 Å². The molecule has 1 aliphatic heterocycles. The molecular formula is C9H16N2OS. The van der Waals surface area contributed by atoms with Gasteiger partial charge in [0.2, 0.25) is 0 Å². The van der Waals surface area contributed by atoms with Crippen molar-refractivity contribution in [2.24, 2.45) is 10.7 Å². The Kier molecular flexibility index (Phi) is 3.36. The average Bonchev–Trinajstić information content (AvgIpc) is 2.38. The van der Waals surface area contributed by atoms with Crippen molar-refractivity contribution in [1.29, 1.82) is 0 Å². The zero-order valence-corrected chi connectivity index (χ0v) is 8.99. The van der Waals surface area contributed by atoms with Gasteiger partial charge in [0.05, 0.1) is 0 Å². The molecule has 1 rings (SSSR count). The summed E-state index contributed by atoms with van der Waals surface area (Å²) in [5.74, 6) is -0.0362. The van der Waals surface area contributed by atoms with Gasteiger partial charge >= 0.3 is 0 Å². The van der Waals surface area contributed by atoms with E-state index in [1.165, 1.54) is 11.8 Å². The molecule has 0 aromatic carbocycles. The maximum Gasteiger partial charge on any atom is 0.264 e. The summed E-state index contributed by atoms with van der Waals surface area (Å²) in [5.41, 5.74) is 5.54. The van der Waals surface area contributed by atoms with Gasteiger partial charge in [-0.1, -0.05) is 38.5 Å². The Morgan fingerprint density at radius 2 is 2.23 bits per heavy atom. The molecule has 4 heteroatoms. The number of hydrogen-bond acceptors (Lipinski definition) is 3. The lowest BCUT2D eigenvalue weighted by molar-refractivity contribution is -0.120. The molecule has 0 aromatic heterocycles. The van der Waals surface area contributed by atoms with E-state index in [4.69, 9.17) is 5.73 Å². The molecule has 0 fully saturated rings. The van der Waals surface area contributed by atoms with Gasteiger partial charge in [-0.25, -0.2) is 0 Å². The minimum atomic E-state index is -0.333. The SMILES string of the molecule is CCCCC1(CC)SC(N)=NC1=O. The van der Waals surface area contributed by atoms with Gasteiger partial charge in [0, 0.05) is 0 Å². The first-order chi connectivity index (χ1) is 6.14. The third kappa shape index (κ3) is 2.05. The summed E-state index contributed by atoms with van der Waals surface area (Å²) in [4.78, 5) is 15.3. The van der Waals surface area contributed by atoms with E-state index in [9.17, 15) is 4.79 Å². The van der Waals surface area contributed by atoms with Crippen LogP contribution >= 0.6 is 11.8 Å². The zero-order valence-electron chi connectivity index (χ0n) is 8.17. The van der Waals surface area contributed by atoms with Crippen molar-refractivity contribution in [1.82, 2.24) is 0 Å². The average molecular weight is 200 g/mol. The number of unbranched alkanes of at least 4 members (excludes halogenated alkanes) is 1. The monoisotopic (exact) mass is 200 g/mol. The standard InChI is InChI=1S/C9H16N2OS/c1-3-5-6-9(4-2)7(12)11-8(10)13-9/h3-6H2,1-2H3,(H2,10,11,12). The van der Waals surface area contributed by atoms with Gasteiger partial charge in [-0.15, -0.1) is 0 Å². The molecule has 1 amide bonds. The van der Waals surface area contributed by atoms with E-state index < -0.39 is 0 Å². The lowest BCUT2D eigenvalue weighted by Gasteiger charge is -2.22. The Labute approximate surface area is 83.2 Å². The molecule has 13 heavy (non-hydrogen) atoms. The Balaban J connectivity index is 2.67. The van der Waals surface area contributed by atoms with Crippen molar-refractivity contribution in [3.63, 3.8) is 0 Å². The first-order valence-electron chi connectivity index (χ1n) is 4.72. The topological polar surface area (TPSA) is 55.4 Å². The molecule has 1 unspecified atom stereocenters. The molecule has 0 aliphatic carbocycles. The van der Waals surface area contributed by atoms with Gasteiger partial charge in [-0.2, -0.15) is 4.99 Å². The minimum Gasteiger partial charge on any atom is -0.378 e. The highest BCUT2D eigenvalue weighted by molar-refractivity contribution is 8.16. The van der Waals surface area contributed by atoms with Gasteiger partial charge in [-0.3, -0.25) is 4.79 Å². The Hall–Kier alpha value is -0.510. The Bertz CT molecular complexity index is 240.